The lowest BCUT2D eigenvalue weighted by Gasteiger charge is -2.35. The Balaban J connectivity index is 1.94. The van der Waals surface area contributed by atoms with Crippen molar-refractivity contribution in [3.8, 4) is 0 Å². The number of nitrogens with one attached hydrogen (secondary N) is 2. The van der Waals surface area contributed by atoms with Crippen LogP contribution in [-0.2, 0) is 0 Å². The van der Waals surface area contributed by atoms with Gasteiger partial charge in [0.25, 0.3) is 5.91 Å². The van der Waals surface area contributed by atoms with Crippen molar-refractivity contribution in [2.24, 2.45) is 0 Å². The summed E-state index contributed by atoms with van der Waals surface area (Å²) < 4.78 is 0.947. The molecule has 0 saturated carbocycles. The highest BCUT2D eigenvalue weighted by atomic mass is 79.9. The van der Waals surface area contributed by atoms with E-state index in [2.05, 4.69) is 45.3 Å². The van der Waals surface area contributed by atoms with E-state index in [0.29, 0.717) is 30.9 Å². The van der Waals surface area contributed by atoms with Crippen molar-refractivity contribution in [2.75, 3.05) is 13.1 Å². The molecule has 5 nitrogen and oxygen atoms in total. The van der Waals surface area contributed by atoms with E-state index in [4.69, 9.17) is 0 Å². The molecule has 1 aliphatic rings. The number of piperazine rings is 1. The average molecular weight is 337 g/mol. The standard InChI is InChI=1S/C14H17BrN4O/c1-8-6-19(7-9(2)16-8)14(20)13-11-5-10(15)3-4-12(11)17-18-13/h3-5,8-9,16H,6-7H2,1-2H3,(H,17,18)/t8-,9+. The minimum atomic E-state index is -0.00505. The summed E-state index contributed by atoms with van der Waals surface area (Å²) in [6, 6.07) is 6.40. The number of H-pyrrole nitrogens is 1. The van der Waals surface area contributed by atoms with Crippen LogP contribution < -0.4 is 5.32 Å². The fraction of sp³-hybridized carbons (Fsp3) is 0.429. The monoisotopic (exact) mass is 336 g/mol. The van der Waals surface area contributed by atoms with Gasteiger partial charge >= 0.3 is 0 Å². The quantitative estimate of drug-likeness (QED) is 0.838. The van der Waals surface area contributed by atoms with Crippen LogP contribution in [-0.4, -0.2) is 46.2 Å². The number of fused-ring (bicyclic) bond motifs is 1. The summed E-state index contributed by atoms with van der Waals surface area (Å²) in [7, 11) is 0. The van der Waals surface area contributed by atoms with Gasteiger partial charge in [0.1, 0.15) is 0 Å². The Morgan fingerprint density at radius 1 is 1.35 bits per heavy atom. The molecular formula is C14H17BrN4O. The number of nitrogens with zero attached hydrogens (tertiary/aromatic N) is 2. The van der Waals surface area contributed by atoms with Gasteiger partial charge in [-0.3, -0.25) is 9.89 Å². The molecule has 1 amide bonds. The highest BCUT2D eigenvalue weighted by Crippen LogP contribution is 2.22. The molecular weight excluding hydrogens is 320 g/mol. The summed E-state index contributed by atoms with van der Waals surface area (Å²) in [6.45, 7) is 5.61. The van der Waals surface area contributed by atoms with Gasteiger partial charge < -0.3 is 10.2 Å². The molecule has 2 N–H and O–H groups in total. The molecule has 1 aromatic carbocycles. The maximum atomic E-state index is 12.7. The van der Waals surface area contributed by atoms with Crippen LogP contribution in [0.4, 0.5) is 0 Å². The average Bonchev–Trinajstić information content (AvgIpc) is 2.79. The number of carbonyl (C=O) groups is 1. The Kier molecular flexibility index (Phi) is 3.52. The van der Waals surface area contributed by atoms with Crippen LogP contribution in [0.5, 0.6) is 0 Å². The van der Waals surface area contributed by atoms with E-state index in [-0.39, 0.29) is 5.91 Å². The first-order chi connectivity index (χ1) is 9.54. The third kappa shape index (κ3) is 2.45. The van der Waals surface area contributed by atoms with Gasteiger partial charge in [-0.25, -0.2) is 0 Å². The first-order valence-electron chi connectivity index (χ1n) is 6.73. The number of benzene rings is 1. The topological polar surface area (TPSA) is 61.0 Å². The third-order valence-corrected chi connectivity index (χ3v) is 4.07. The smallest absolute Gasteiger partial charge is 0.275 e. The predicted molar refractivity (Wildman–Crippen MR) is 81.8 cm³/mol. The summed E-state index contributed by atoms with van der Waals surface area (Å²) in [4.78, 5) is 14.6. The van der Waals surface area contributed by atoms with E-state index in [1.54, 1.807) is 0 Å². The second kappa shape index (κ2) is 5.18. The molecule has 0 radical (unpaired) electrons. The Bertz CT molecular complexity index is 644. The lowest BCUT2D eigenvalue weighted by atomic mass is 10.1. The summed E-state index contributed by atoms with van der Waals surface area (Å²) >= 11 is 3.44. The highest BCUT2D eigenvalue weighted by molar-refractivity contribution is 9.10. The van der Waals surface area contributed by atoms with Crippen molar-refractivity contribution in [3.63, 3.8) is 0 Å². The number of aromatic nitrogens is 2. The molecule has 2 atom stereocenters. The van der Waals surface area contributed by atoms with Gasteiger partial charge in [-0.15, -0.1) is 0 Å². The first kappa shape index (κ1) is 13.6. The number of halogens is 1. The summed E-state index contributed by atoms with van der Waals surface area (Å²) in [5, 5.41) is 11.4. The van der Waals surface area contributed by atoms with Crippen molar-refractivity contribution in [1.82, 2.24) is 20.4 Å². The molecule has 106 valence electrons. The zero-order chi connectivity index (χ0) is 14.3. The van der Waals surface area contributed by atoms with Crippen LogP contribution in [0, 0.1) is 0 Å². The lowest BCUT2D eigenvalue weighted by molar-refractivity contribution is 0.0669. The zero-order valence-corrected chi connectivity index (χ0v) is 13.1. The van der Waals surface area contributed by atoms with Crippen molar-refractivity contribution in [2.45, 2.75) is 25.9 Å². The fourth-order valence-corrected chi connectivity index (χ4v) is 3.15. The predicted octanol–water partition coefficient (Wildman–Crippen LogP) is 2.15. The Morgan fingerprint density at radius 3 is 2.75 bits per heavy atom. The van der Waals surface area contributed by atoms with Crippen LogP contribution >= 0.6 is 15.9 Å². The second-order valence-electron chi connectivity index (χ2n) is 5.44. The molecule has 1 aliphatic heterocycles. The molecule has 6 heteroatoms. The first-order valence-corrected chi connectivity index (χ1v) is 7.53. The highest BCUT2D eigenvalue weighted by Gasteiger charge is 2.27. The molecule has 1 saturated heterocycles. The van der Waals surface area contributed by atoms with E-state index < -0.39 is 0 Å². The molecule has 0 spiro atoms. The minimum absolute atomic E-state index is 0.00505. The van der Waals surface area contributed by atoms with E-state index in [1.165, 1.54) is 0 Å². The van der Waals surface area contributed by atoms with Gasteiger partial charge in [-0.05, 0) is 32.0 Å². The Morgan fingerprint density at radius 2 is 2.05 bits per heavy atom. The van der Waals surface area contributed by atoms with Gasteiger partial charge in [0.2, 0.25) is 0 Å². The molecule has 1 fully saturated rings. The van der Waals surface area contributed by atoms with E-state index in [9.17, 15) is 4.79 Å². The van der Waals surface area contributed by atoms with E-state index in [0.717, 1.165) is 15.4 Å². The molecule has 0 bridgehead atoms. The molecule has 3 rings (SSSR count). The van der Waals surface area contributed by atoms with Crippen molar-refractivity contribution in [3.05, 3.63) is 28.4 Å². The Hall–Kier alpha value is -1.40. The summed E-state index contributed by atoms with van der Waals surface area (Å²) in [6.07, 6.45) is 0. The van der Waals surface area contributed by atoms with Gasteiger partial charge in [-0.2, -0.15) is 5.10 Å². The molecule has 2 aromatic rings. The van der Waals surface area contributed by atoms with Crippen molar-refractivity contribution >= 4 is 32.7 Å². The SMILES string of the molecule is C[C@@H]1CN(C(=O)c2n[nH]c3ccc(Br)cc23)C[C@H](C)N1. The fourth-order valence-electron chi connectivity index (χ4n) is 2.79. The zero-order valence-electron chi connectivity index (χ0n) is 11.5. The van der Waals surface area contributed by atoms with Crippen LogP contribution in [0.3, 0.4) is 0 Å². The lowest BCUT2D eigenvalue weighted by Crippen LogP contribution is -2.55. The second-order valence-corrected chi connectivity index (χ2v) is 6.36. The van der Waals surface area contributed by atoms with Crippen molar-refractivity contribution < 1.29 is 4.79 Å². The number of aromatic amines is 1. The summed E-state index contributed by atoms with van der Waals surface area (Å²) in [5.41, 5.74) is 1.38. The van der Waals surface area contributed by atoms with Crippen LogP contribution in [0.25, 0.3) is 10.9 Å². The number of hydrogen-bond acceptors (Lipinski definition) is 3. The van der Waals surface area contributed by atoms with Gasteiger partial charge in [0.05, 0.1) is 5.52 Å². The van der Waals surface area contributed by atoms with Crippen LogP contribution in [0.15, 0.2) is 22.7 Å². The summed E-state index contributed by atoms with van der Waals surface area (Å²) in [5.74, 6) is -0.00505. The van der Waals surface area contributed by atoms with Gasteiger partial charge in [0.15, 0.2) is 5.69 Å². The van der Waals surface area contributed by atoms with Gasteiger partial charge in [0, 0.05) is 35.0 Å². The van der Waals surface area contributed by atoms with E-state index >= 15 is 0 Å². The minimum Gasteiger partial charge on any atom is -0.334 e. The van der Waals surface area contributed by atoms with Crippen molar-refractivity contribution in [1.29, 1.82) is 0 Å². The largest absolute Gasteiger partial charge is 0.334 e. The molecule has 2 heterocycles. The van der Waals surface area contributed by atoms with Crippen LogP contribution in [0.2, 0.25) is 0 Å². The maximum Gasteiger partial charge on any atom is 0.275 e. The molecule has 20 heavy (non-hydrogen) atoms. The third-order valence-electron chi connectivity index (χ3n) is 3.57. The molecule has 0 unspecified atom stereocenters. The molecule has 1 aromatic heterocycles. The number of carbonyl (C=O) groups excluding carboxylic acids is 1. The molecule has 0 aliphatic carbocycles. The maximum absolute atomic E-state index is 12.7. The number of hydrogen-bond donors (Lipinski definition) is 2. The number of rotatable bonds is 1. The van der Waals surface area contributed by atoms with Gasteiger partial charge in [-0.1, -0.05) is 15.9 Å². The van der Waals surface area contributed by atoms with E-state index in [1.807, 2.05) is 23.1 Å². The van der Waals surface area contributed by atoms with Crippen LogP contribution in [0.1, 0.15) is 24.3 Å². The normalized spacial score (nSPS) is 23.2. The number of amides is 1. The Labute approximate surface area is 125 Å².